The van der Waals surface area contributed by atoms with Crippen LogP contribution >= 0.6 is 0 Å². The molecule has 0 heterocycles. The highest BCUT2D eigenvalue weighted by molar-refractivity contribution is 5.92. The number of hydrazine groups is 1. The predicted octanol–water partition coefficient (Wildman–Crippen LogP) is 0.407. The number of rotatable bonds is 11. The Bertz CT molecular complexity index is 1020. The highest BCUT2D eigenvalue weighted by Gasteiger charge is 2.26. The van der Waals surface area contributed by atoms with E-state index in [1.807, 2.05) is 30.3 Å². The van der Waals surface area contributed by atoms with Gasteiger partial charge in [-0.15, -0.1) is 0 Å². The van der Waals surface area contributed by atoms with Crippen LogP contribution in [0.1, 0.15) is 30.9 Å². The summed E-state index contributed by atoms with van der Waals surface area (Å²) in [6.07, 6.45) is 0.979. The molecular formula is C24H31FN6O4. The van der Waals surface area contributed by atoms with Crippen molar-refractivity contribution in [2.75, 3.05) is 0 Å². The minimum atomic E-state index is -1.13. The summed E-state index contributed by atoms with van der Waals surface area (Å²) in [5.41, 5.74) is 16.8. The average molecular weight is 487 g/mol. The van der Waals surface area contributed by atoms with Crippen LogP contribution in [0, 0.1) is 5.82 Å². The van der Waals surface area contributed by atoms with Crippen LogP contribution in [0.15, 0.2) is 54.6 Å². The van der Waals surface area contributed by atoms with Crippen LogP contribution in [0.4, 0.5) is 9.18 Å². The van der Waals surface area contributed by atoms with Crippen LogP contribution in [0.25, 0.3) is 0 Å². The van der Waals surface area contributed by atoms with Gasteiger partial charge in [0, 0.05) is 6.42 Å². The van der Waals surface area contributed by atoms with Crippen LogP contribution in [-0.2, 0) is 27.2 Å². The molecule has 0 radical (unpaired) electrons. The van der Waals surface area contributed by atoms with Gasteiger partial charge in [-0.3, -0.25) is 19.8 Å². The number of nitrogens with one attached hydrogen (secondary N) is 4. The Labute approximate surface area is 203 Å². The number of amides is 5. The number of carbonyl (C=O) groups excluding carboxylic acids is 4. The molecule has 2 aromatic carbocycles. The number of primary amides is 1. The van der Waals surface area contributed by atoms with Gasteiger partial charge in [0.25, 0.3) is 5.91 Å². The number of nitrogens with two attached hydrogens (primary N) is 2. The topological polar surface area (TPSA) is 168 Å². The van der Waals surface area contributed by atoms with Crippen molar-refractivity contribution in [2.45, 2.75) is 50.7 Å². The molecule has 2 rings (SSSR count). The van der Waals surface area contributed by atoms with E-state index in [9.17, 15) is 23.6 Å². The van der Waals surface area contributed by atoms with E-state index in [2.05, 4.69) is 21.5 Å². The third-order valence-corrected chi connectivity index (χ3v) is 5.25. The second-order valence-corrected chi connectivity index (χ2v) is 7.98. The normalized spacial score (nSPS) is 13.1. The van der Waals surface area contributed by atoms with Crippen molar-refractivity contribution in [2.24, 2.45) is 11.5 Å². The van der Waals surface area contributed by atoms with Crippen LogP contribution in [0.2, 0.25) is 0 Å². The highest BCUT2D eigenvalue weighted by Crippen LogP contribution is 2.09. The van der Waals surface area contributed by atoms with Gasteiger partial charge >= 0.3 is 6.03 Å². The molecule has 0 aliphatic heterocycles. The fraction of sp³-hybridized carbons (Fsp3) is 0.333. The molecule has 11 heteroatoms. The molecule has 188 valence electrons. The summed E-state index contributed by atoms with van der Waals surface area (Å²) in [4.78, 5) is 49.1. The third kappa shape index (κ3) is 9.41. The molecule has 5 amide bonds. The molecule has 3 atom stereocenters. The zero-order valence-corrected chi connectivity index (χ0v) is 19.4. The average Bonchev–Trinajstić information content (AvgIpc) is 2.84. The lowest BCUT2D eigenvalue weighted by atomic mass is 10.0. The lowest BCUT2D eigenvalue weighted by Crippen LogP contribution is -2.58. The summed E-state index contributed by atoms with van der Waals surface area (Å²) < 4.78 is 13.5. The first-order chi connectivity index (χ1) is 16.7. The van der Waals surface area contributed by atoms with E-state index in [1.165, 1.54) is 18.2 Å². The van der Waals surface area contributed by atoms with Crippen molar-refractivity contribution >= 4 is 23.8 Å². The molecular weight excluding hydrogens is 455 g/mol. The van der Waals surface area contributed by atoms with Gasteiger partial charge in [0.05, 0.1) is 6.04 Å². The molecule has 0 saturated carbocycles. The van der Waals surface area contributed by atoms with Crippen LogP contribution in [-0.4, -0.2) is 41.9 Å². The molecule has 0 saturated heterocycles. The summed E-state index contributed by atoms with van der Waals surface area (Å²) >= 11 is 0. The Morgan fingerprint density at radius 3 is 2.20 bits per heavy atom. The van der Waals surface area contributed by atoms with Crippen molar-refractivity contribution in [3.05, 3.63) is 71.5 Å². The smallest absolute Gasteiger partial charge is 0.334 e. The van der Waals surface area contributed by atoms with E-state index in [0.717, 1.165) is 5.56 Å². The minimum absolute atomic E-state index is 0.0264. The Morgan fingerprint density at radius 2 is 1.57 bits per heavy atom. The maximum atomic E-state index is 13.5. The van der Waals surface area contributed by atoms with Crippen molar-refractivity contribution in [1.82, 2.24) is 21.5 Å². The number of carbonyl (C=O) groups is 4. The van der Waals surface area contributed by atoms with Crippen LogP contribution in [0.3, 0.4) is 0 Å². The highest BCUT2D eigenvalue weighted by atomic mass is 19.1. The number of hydrogen-bond donors (Lipinski definition) is 6. The monoisotopic (exact) mass is 486 g/mol. The van der Waals surface area contributed by atoms with Gasteiger partial charge < -0.3 is 22.1 Å². The summed E-state index contributed by atoms with van der Waals surface area (Å²) in [7, 11) is 0. The fourth-order valence-electron chi connectivity index (χ4n) is 3.21. The molecule has 0 unspecified atom stereocenters. The quantitative estimate of drug-likeness (QED) is 0.252. The molecule has 0 aliphatic carbocycles. The molecule has 8 N–H and O–H groups in total. The van der Waals surface area contributed by atoms with Crippen molar-refractivity contribution in [3.63, 3.8) is 0 Å². The van der Waals surface area contributed by atoms with E-state index < -0.39 is 47.7 Å². The summed E-state index contributed by atoms with van der Waals surface area (Å²) in [6.45, 7) is 1.72. The number of aryl methyl sites for hydroxylation is 1. The number of hydrogen-bond acceptors (Lipinski definition) is 5. The first-order valence-electron chi connectivity index (χ1n) is 11.2. The number of benzene rings is 2. The minimum Gasteiger partial charge on any atom is -0.368 e. The number of halogens is 1. The van der Waals surface area contributed by atoms with Gasteiger partial charge in [-0.1, -0.05) is 49.4 Å². The van der Waals surface area contributed by atoms with Crippen LogP contribution in [0.5, 0.6) is 0 Å². The molecule has 0 fully saturated rings. The molecule has 0 aromatic heterocycles. The van der Waals surface area contributed by atoms with Gasteiger partial charge in [0.1, 0.15) is 17.9 Å². The van der Waals surface area contributed by atoms with E-state index in [-0.39, 0.29) is 12.8 Å². The Balaban J connectivity index is 2.08. The SMILES string of the molecule is CC[C@H](N)C(=O)NNC(=O)N[C@@H](CCc1ccccc1)C(=O)N[C@@H](Cc1cccc(F)c1)C(N)=O. The van der Waals surface area contributed by atoms with Gasteiger partial charge in [-0.2, -0.15) is 0 Å². The maximum Gasteiger partial charge on any atom is 0.334 e. The third-order valence-electron chi connectivity index (χ3n) is 5.25. The first kappa shape index (κ1) is 27.3. The van der Waals surface area contributed by atoms with Gasteiger partial charge in [-0.25, -0.2) is 14.6 Å². The van der Waals surface area contributed by atoms with E-state index in [1.54, 1.807) is 13.0 Å². The molecule has 0 bridgehead atoms. The maximum absolute atomic E-state index is 13.5. The molecule has 10 nitrogen and oxygen atoms in total. The van der Waals surface area contributed by atoms with Crippen molar-refractivity contribution < 1.29 is 23.6 Å². The van der Waals surface area contributed by atoms with Crippen molar-refractivity contribution in [3.8, 4) is 0 Å². The van der Waals surface area contributed by atoms with Crippen molar-refractivity contribution in [1.29, 1.82) is 0 Å². The first-order valence-corrected chi connectivity index (χ1v) is 11.2. The lowest BCUT2D eigenvalue weighted by Gasteiger charge is -2.22. The van der Waals surface area contributed by atoms with Gasteiger partial charge in [0.15, 0.2) is 0 Å². The Hall–Kier alpha value is -3.99. The van der Waals surface area contributed by atoms with E-state index in [0.29, 0.717) is 18.4 Å². The van der Waals surface area contributed by atoms with Gasteiger partial charge in [0.2, 0.25) is 11.8 Å². The second-order valence-electron chi connectivity index (χ2n) is 7.98. The molecule has 35 heavy (non-hydrogen) atoms. The molecule has 2 aromatic rings. The van der Waals surface area contributed by atoms with Crippen LogP contribution < -0.4 is 33.0 Å². The summed E-state index contributed by atoms with van der Waals surface area (Å²) in [5.74, 6) is -2.54. The molecule has 0 aliphatic rings. The number of urea groups is 1. The standard InChI is InChI=1S/C24H31FN6O4/c1-2-18(26)22(33)30-31-24(35)29-19(12-11-15-7-4-3-5-8-15)23(34)28-20(21(27)32)14-16-9-6-10-17(25)13-16/h3-10,13,18-20H,2,11-12,14,26H2,1H3,(H2,27,32)(H,28,34)(H,30,33)(H2,29,31,35)/t18-,19-,20-/m0/s1. The Morgan fingerprint density at radius 1 is 0.886 bits per heavy atom. The van der Waals surface area contributed by atoms with E-state index in [4.69, 9.17) is 11.5 Å². The molecule has 0 spiro atoms. The summed E-state index contributed by atoms with van der Waals surface area (Å²) in [5, 5.41) is 5.02. The zero-order valence-electron chi connectivity index (χ0n) is 19.4. The van der Waals surface area contributed by atoms with E-state index >= 15 is 0 Å². The second kappa shape index (κ2) is 13.7. The summed E-state index contributed by atoms with van der Waals surface area (Å²) in [6, 6.07) is 11.0. The predicted molar refractivity (Wildman–Crippen MR) is 128 cm³/mol. The lowest BCUT2D eigenvalue weighted by molar-refractivity contribution is -0.128. The Kier molecular flexibility index (Phi) is 10.6. The van der Waals surface area contributed by atoms with Gasteiger partial charge in [-0.05, 0) is 42.5 Å². The fourth-order valence-corrected chi connectivity index (χ4v) is 3.21. The largest absolute Gasteiger partial charge is 0.368 e. The zero-order chi connectivity index (χ0) is 25.8.